The van der Waals surface area contributed by atoms with E-state index in [0.717, 1.165) is 11.1 Å². The van der Waals surface area contributed by atoms with E-state index in [1.807, 2.05) is 60.7 Å². The Morgan fingerprint density at radius 3 is 2.32 bits per heavy atom. The maximum atomic E-state index is 12.9. The second-order valence-corrected chi connectivity index (χ2v) is 9.25. The van der Waals surface area contributed by atoms with Crippen LogP contribution >= 0.6 is 0 Å². The number of nitrogens with one attached hydrogen (secondary N) is 1. The van der Waals surface area contributed by atoms with Crippen LogP contribution in [0.5, 0.6) is 0 Å². The van der Waals surface area contributed by atoms with Gasteiger partial charge >= 0.3 is 11.7 Å². The lowest BCUT2D eigenvalue weighted by Gasteiger charge is -2.37. The number of aromatic nitrogens is 2. The zero-order valence-electron chi connectivity index (χ0n) is 21.5. The quantitative estimate of drug-likeness (QED) is 0.305. The van der Waals surface area contributed by atoms with Crippen LogP contribution in [0.25, 0.3) is 0 Å². The average molecular weight is 521 g/mol. The predicted molar refractivity (Wildman–Crippen MR) is 140 cm³/mol. The highest BCUT2D eigenvalue weighted by molar-refractivity contribution is 5.66. The number of carbonyl (C=O) groups excluding carboxylic acids is 1. The van der Waals surface area contributed by atoms with Crippen molar-refractivity contribution in [1.29, 1.82) is 0 Å². The predicted octanol–water partition coefficient (Wildman–Crippen LogP) is 3.42. The van der Waals surface area contributed by atoms with Crippen molar-refractivity contribution in [3.63, 3.8) is 0 Å². The molecule has 4 rings (SSSR count). The van der Waals surface area contributed by atoms with Crippen molar-refractivity contribution < 1.29 is 23.7 Å². The van der Waals surface area contributed by atoms with Crippen molar-refractivity contribution in [3.8, 4) is 0 Å². The molecule has 0 bridgehead atoms. The van der Waals surface area contributed by atoms with Gasteiger partial charge in [0.15, 0.2) is 12.3 Å². The summed E-state index contributed by atoms with van der Waals surface area (Å²) in [6.45, 7) is 7.37. The maximum Gasteiger partial charge on any atom is 0.330 e. The number of aryl methyl sites for hydroxylation is 1. The molecule has 2 aromatic carbocycles. The monoisotopic (exact) mass is 520 g/mol. The Labute approximate surface area is 220 Å². The van der Waals surface area contributed by atoms with Gasteiger partial charge < -0.3 is 18.9 Å². The number of hydrogen-bond acceptors (Lipinski definition) is 7. The molecule has 1 aromatic heterocycles. The third kappa shape index (κ3) is 6.02. The molecule has 0 aliphatic carbocycles. The van der Waals surface area contributed by atoms with Crippen molar-refractivity contribution >= 4 is 5.97 Å². The van der Waals surface area contributed by atoms with E-state index in [4.69, 9.17) is 18.9 Å². The lowest BCUT2D eigenvalue weighted by molar-refractivity contribution is -0.177. The molecule has 0 spiro atoms. The van der Waals surface area contributed by atoms with Crippen molar-refractivity contribution in [3.05, 3.63) is 117 Å². The summed E-state index contributed by atoms with van der Waals surface area (Å²) in [5, 5.41) is 0. The molecular formula is C29H32N2O7. The summed E-state index contributed by atoms with van der Waals surface area (Å²) >= 11 is 0. The van der Waals surface area contributed by atoms with E-state index in [1.165, 1.54) is 17.7 Å². The van der Waals surface area contributed by atoms with Gasteiger partial charge in [-0.25, -0.2) is 4.79 Å². The molecule has 9 nitrogen and oxygen atoms in total. The fourth-order valence-corrected chi connectivity index (χ4v) is 4.64. The largest absolute Gasteiger partial charge is 0.454 e. The minimum Gasteiger partial charge on any atom is -0.454 e. The summed E-state index contributed by atoms with van der Waals surface area (Å²) in [5.41, 5.74) is -0.253. The van der Waals surface area contributed by atoms with E-state index >= 15 is 0 Å². The molecule has 4 atom stereocenters. The number of benzene rings is 2. The van der Waals surface area contributed by atoms with Gasteiger partial charge in [0.2, 0.25) is 0 Å². The normalized spacial score (nSPS) is 22.7. The number of aromatic amines is 1. The summed E-state index contributed by atoms with van der Waals surface area (Å²) < 4.78 is 26.0. The van der Waals surface area contributed by atoms with Crippen LogP contribution in [0.15, 0.2) is 89.1 Å². The molecule has 1 fully saturated rings. The van der Waals surface area contributed by atoms with Crippen LogP contribution in [-0.2, 0) is 37.0 Å². The lowest BCUT2D eigenvalue weighted by atomic mass is 9.87. The van der Waals surface area contributed by atoms with Crippen molar-refractivity contribution in [1.82, 2.24) is 9.55 Å². The summed E-state index contributed by atoms with van der Waals surface area (Å²) in [6.07, 6.45) is 0.425. The topological polar surface area (TPSA) is 109 Å². The fourth-order valence-electron chi connectivity index (χ4n) is 4.64. The van der Waals surface area contributed by atoms with Crippen LogP contribution in [-0.4, -0.2) is 39.9 Å². The molecule has 0 saturated carbocycles. The van der Waals surface area contributed by atoms with E-state index in [9.17, 15) is 14.4 Å². The van der Waals surface area contributed by atoms with Crippen LogP contribution in [0.3, 0.4) is 0 Å². The zero-order valence-corrected chi connectivity index (χ0v) is 21.5. The number of ether oxygens (including phenoxy) is 4. The van der Waals surface area contributed by atoms with Gasteiger partial charge in [-0.2, -0.15) is 0 Å². The van der Waals surface area contributed by atoms with E-state index in [1.54, 1.807) is 13.0 Å². The number of H-pyrrole nitrogens is 1. The van der Waals surface area contributed by atoms with Crippen LogP contribution in [0, 0.1) is 6.92 Å². The maximum absolute atomic E-state index is 12.9. The first-order valence-electron chi connectivity index (χ1n) is 12.4. The SMILES string of the molecule is C=CC[C@@]1(OCc2ccccc2)[C@@H](COCc2ccccc2)O[C@@H](n2cc(C)c(=O)[nH]c2=O)[C@@H]1OC(C)=O. The lowest BCUT2D eigenvalue weighted by Crippen LogP contribution is -2.53. The van der Waals surface area contributed by atoms with Crippen LogP contribution in [0.1, 0.15) is 36.3 Å². The smallest absolute Gasteiger partial charge is 0.330 e. The van der Waals surface area contributed by atoms with Crippen molar-refractivity contribution in [2.45, 2.75) is 57.5 Å². The van der Waals surface area contributed by atoms with Gasteiger partial charge in [-0.1, -0.05) is 66.7 Å². The molecule has 9 heteroatoms. The highest BCUT2D eigenvalue weighted by Gasteiger charge is 2.60. The Morgan fingerprint density at radius 1 is 1.08 bits per heavy atom. The third-order valence-corrected chi connectivity index (χ3v) is 6.50. The highest BCUT2D eigenvalue weighted by Crippen LogP contribution is 2.44. The summed E-state index contributed by atoms with van der Waals surface area (Å²) in [5.74, 6) is -0.569. The molecule has 2 heterocycles. The van der Waals surface area contributed by atoms with Crippen molar-refractivity contribution in [2.24, 2.45) is 0 Å². The highest BCUT2D eigenvalue weighted by atomic mass is 16.6. The van der Waals surface area contributed by atoms with E-state index < -0.39 is 41.3 Å². The number of hydrogen-bond donors (Lipinski definition) is 1. The van der Waals surface area contributed by atoms with Crippen LogP contribution in [0.2, 0.25) is 0 Å². The fraction of sp³-hybridized carbons (Fsp3) is 0.345. The Kier molecular flexibility index (Phi) is 8.73. The molecule has 1 N–H and O–H groups in total. The van der Waals surface area contributed by atoms with E-state index in [-0.39, 0.29) is 19.6 Å². The molecule has 1 saturated heterocycles. The first kappa shape index (κ1) is 27.3. The van der Waals surface area contributed by atoms with Gasteiger partial charge in [-0.15, -0.1) is 6.58 Å². The number of rotatable bonds is 11. The zero-order chi connectivity index (χ0) is 27.1. The molecule has 200 valence electrons. The summed E-state index contributed by atoms with van der Waals surface area (Å²) in [7, 11) is 0. The van der Waals surface area contributed by atoms with E-state index in [0.29, 0.717) is 12.2 Å². The number of carbonyl (C=O) groups is 1. The second kappa shape index (κ2) is 12.2. The van der Waals surface area contributed by atoms with Gasteiger partial charge in [0.05, 0.1) is 19.8 Å². The van der Waals surface area contributed by atoms with Gasteiger partial charge in [-0.05, 0) is 18.1 Å². The van der Waals surface area contributed by atoms with Crippen LogP contribution < -0.4 is 11.2 Å². The average Bonchev–Trinajstić information content (AvgIpc) is 3.18. The summed E-state index contributed by atoms with van der Waals surface area (Å²) in [6, 6.07) is 19.2. The molecular weight excluding hydrogens is 488 g/mol. The summed E-state index contributed by atoms with van der Waals surface area (Å²) in [4.78, 5) is 39.5. The standard InChI is InChI=1S/C29H32N2O7/c1-4-15-29(36-18-23-13-9-6-10-14-23)24(19-35-17-22-11-7-5-8-12-22)38-27(25(29)37-21(3)32)31-16-20(2)26(33)30-28(31)34/h4-14,16,24-25,27H,1,15,17-19H2,2-3H3,(H,30,33,34)/t24-,25+,27-,29-/m1/s1. The minimum atomic E-state index is -1.24. The second-order valence-electron chi connectivity index (χ2n) is 9.25. The Balaban J connectivity index is 1.74. The molecule has 0 amide bonds. The first-order chi connectivity index (χ1) is 18.3. The number of nitrogens with zero attached hydrogens (tertiary/aromatic N) is 1. The number of esters is 1. The minimum absolute atomic E-state index is 0.0862. The molecule has 0 unspecified atom stereocenters. The van der Waals surface area contributed by atoms with E-state index in [2.05, 4.69) is 11.6 Å². The Bertz CT molecular complexity index is 1350. The van der Waals surface area contributed by atoms with Crippen LogP contribution in [0.4, 0.5) is 0 Å². The van der Waals surface area contributed by atoms with Gasteiger partial charge in [0.25, 0.3) is 5.56 Å². The Morgan fingerprint density at radius 2 is 1.71 bits per heavy atom. The van der Waals surface area contributed by atoms with Crippen molar-refractivity contribution in [2.75, 3.05) is 6.61 Å². The van der Waals surface area contributed by atoms with Gasteiger partial charge in [0, 0.05) is 25.1 Å². The molecule has 3 aromatic rings. The molecule has 38 heavy (non-hydrogen) atoms. The van der Waals surface area contributed by atoms with Gasteiger partial charge in [0.1, 0.15) is 11.7 Å². The molecule has 1 aliphatic rings. The molecule has 0 radical (unpaired) electrons. The Hall–Kier alpha value is -3.79. The molecule has 1 aliphatic heterocycles. The third-order valence-electron chi connectivity index (χ3n) is 6.50. The first-order valence-corrected chi connectivity index (χ1v) is 12.4. The van der Waals surface area contributed by atoms with Gasteiger partial charge in [-0.3, -0.25) is 19.1 Å².